The first-order valence-corrected chi connectivity index (χ1v) is 9.73. The van der Waals surface area contributed by atoms with Crippen molar-refractivity contribution in [2.75, 3.05) is 15.4 Å². The first-order valence-electron chi connectivity index (χ1n) is 7.84. The maximum absolute atomic E-state index is 12.4. The molecular formula is C19H17N3O2S2. The van der Waals surface area contributed by atoms with Crippen LogP contribution in [-0.2, 0) is 10.0 Å². The van der Waals surface area contributed by atoms with Crippen molar-refractivity contribution >= 4 is 44.4 Å². The van der Waals surface area contributed by atoms with Crippen LogP contribution in [0, 0.1) is 0 Å². The van der Waals surface area contributed by atoms with Crippen LogP contribution in [0.2, 0.25) is 0 Å². The third-order valence-corrected chi connectivity index (χ3v) is 5.08. The number of thiocarbonyl (C=S) groups is 1. The minimum Gasteiger partial charge on any atom is -0.332 e. The Labute approximate surface area is 158 Å². The second-order valence-electron chi connectivity index (χ2n) is 5.44. The Morgan fingerprint density at radius 3 is 1.65 bits per heavy atom. The van der Waals surface area contributed by atoms with Gasteiger partial charge >= 0.3 is 0 Å². The summed E-state index contributed by atoms with van der Waals surface area (Å²) in [6.07, 6.45) is 0. The third kappa shape index (κ3) is 4.81. The first kappa shape index (κ1) is 17.9. The van der Waals surface area contributed by atoms with Crippen LogP contribution in [0.1, 0.15) is 0 Å². The fraction of sp³-hybridized carbons (Fsp3) is 0. The zero-order valence-corrected chi connectivity index (χ0v) is 15.3. The molecule has 0 atom stereocenters. The van der Waals surface area contributed by atoms with Gasteiger partial charge in [0.25, 0.3) is 10.0 Å². The fourth-order valence-electron chi connectivity index (χ4n) is 2.25. The van der Waals surface area contributed by atoms with Gasteiger partial charge < -0.3 is 10.6 Å². The Morgan fingerprint density at radius 1 is 0.654 bits per heavy atom. The lowest BCUT2D eigenvalue weighted by Gasteiger charge is -2.12. The Bertz CT molecular complexity index is 974. The van der Waals surface area contributed by atoms with Gasteiger partial charge in [-0.05, 0) is 60.7 Å². The maximum atomic E-state index is 12.4. The Kier molecular flexibility index (Phi) is 5.50. The molecule has 0 saturated heterocycles. The van der Waals surface area contributed by atoms with E-state index in [1.54, 1.807) is 36.4 Å². The molecule has 3 N–H and O–H groups in total. The van der Waals surface area contributed by atoms with Gasteiger partial charge in [0.05, 0.1) is 4.90 Å². The van der Waals surface area contributed by atoms with Crippen LogP contribution in [0.4, 0.5) is 17.1 Å². The van der Waals surface area contributed by atoms with E-state index in [9.17, 15) is 8.42 Å². The van der Waals surface area contributed by atoms with Crippen LogP contribution in [0.25, 0.3) is 0 Å². The van der Waals surface area contributed by atoms with Crippen LogP contribution in [-0.4, -0.2) is 13.5 Å². The number of para-hydroxylation sites is 2. The lowest BCUT2D eigenvalue weighted by atomic mass is 10.3. The zero-order chi connectivity index (χ0) is 18.4. The van der Waals surface area contributed by atoms with Gasteiger partial charge in [-0.2, -0.15) is 0 Å². The monoisotopic (exact) mass is 383 g/mol. The average molecular weight is 383 g/mol. The molecule has 0 bridgehead atoms. The van der Waals surface area contributed by atoms with Gasteiger partial charge in [0.1, 0.15) is 0 Å². The van der Waals surface area contributed by atoms with Crippen molar-refractivity contribution in [3.63, 3.8) is 0 Å². The molecule has 3 aromatic rings. The highest BCUT2D eigenvalue weighted by molar-refractivity contribution is 7.92. The van der Waals surface area contributed by atoms with Crippen LogP contribution in [0.3, 0.4) is 0 Å². The van der Waals surface area contributed by atoms with Gasteiger partial charge in [-0.15, -0.1) is 0 Å². The highest BCUT2D eigenvalue weighted by atomic mass is 32.2. The SMILES string of the molecule is O=S(=O)(Nc1ccccc1)c1ccc(NC(=S)Nc2ccccc2)cc1. The molecule has 132 valence electrons. The van der Waals surface area contributed by atoms with E-state index in [0.717, 1.165) is 5.69 Å². The van der Waals surface area contributed by atoms with Crippen molar-refractivity contribution in [3.8, 4) is 0 Å². The van der Waals surface area contributed by atoms with E-state index in [2.05, 4.69) is 15.4 Å². The summed E-state index contributed by atoms with van der Waals surface area (Å²) >= 11 is 5.26. The van der Waals surface area contributed by atoms with Gasteiger partial charge in [-0.25, -0.2) is 8.42 Å². The minimum absolute atomic E-state index is 0.175. The molecule has 26 heavy (non-hydrogen) atoms. The summed E-state index contributed by atoms with van der Waals surface area (Å²) in [7, 11) is -3.63. The highest BCUT2D eigenvalue weighted by Crippen LogP contribution is 2.18. The molecular weight excluding hydrogens is 366 g/mol. The molecule has 0 fully saturated rings. The Hall–Kier alpha value is -2.90. The molecule has 0 heterocycles. The van der Waals surface area contributed by atoms with E-state index in [1.165, 1.54) is 12.1 Å². The van der Waals surface area contributed by atoms with Crippen molar-refractivity contribution in [1.29, 1.82) is 0 Å². The summed E-state index contributed by atoms with van der Waals surface area (Å²) < 4.78 is 27.4. The maximum Gasteiger partial charge on any atom is 0.261 e. The normalized spacial score (nSPS) is 10.8. The largest absolute Gasteiger partial charge is 0.332 e. The summed E-state index contributed by atoms with van der Waals surface area (Å²) in [6, 6.07) is 24.7. The molecule has 3 rings (SSSR count). The number of nitrogens with one attached hydrogen (secondary N) is 3. The third-order valence-electron chi connectivity index (χ3n) is 3.48. The molecule has 0 unspecified atom stereocenters. The van der Waals surface area contributed by atoms with Crippen molar-refractivity contribution in [2.24, 2.45) is 0 Å². The molecule has 0 aromatic heterocycles. The molecule has 0 aliphatic carbocycles. The molecule has 0 radical (unpaired) electrons. The molecule has 7 heteroatoms. The Morgan fingerprint density at radius 2 is 1.12 bits per heavy atom. The molecule has 0 saturated carbocycles. The van der Waals surface area contributed by atoms with E-state index >= 15 is 0 Å². The van der Waals surface area contributed by atoms with Crippen LogP contribution in [0.5, 0.6) is 0 Å². The number of sulfonamides is 1. The van der Waals surface area contributed by atoms with Crippen LogP contribution >= 0.6 is 12.2 Å². The van der Waals surface area contributed by atoms with Gasteiger partial charge in [0.15, 0.2) is 5.11 Å². The summed E-state index contributed by atoms with van der Waals surface area (Å²) in [4.78, 5) is 0.175. The van der Waals surface area contributed by atoms with Gasteiger partial charge in [-0.3, -0.25) is 4.72 Å². The lowest BCUT2D eigenvalue weighted by molar-refractivity contribution is 0.601. The number of hydrogen-bond donors (Lipinski definition) is 3. The van der Waals surface area contributed by atoms with Crippen LogP contribution in [0.15, 0.2) is 89.8 Å². The van der Waals surface area contributed by atoms with Crippen molar-refractivity contribution < 1.29 is 8.42 Å². The number of anilines is 3. The van der Waals surface area contributed by atoms with Crippen LogP contribution < -0.4 is 15.4 Å². The molecule has 0 spiro atoms. The fourth-order valence-corrected chi connectivity index (χ4v) is 3.55. The molecule has 0 aliphatic rings. The first-order chi connectivity index (χ1) is 12.5. The second-order valence-corrected chi connectivity index (χ2v) is 7.53. The molecule has 5 nitrogen and oxygen atoms in total. The van der Waals surface area contributed by atoms with Gasteiger partial charge in [0.2, 0.25) is 0 Å². The number of hydrogen-bond acceptors (Lipinski definition) is 3. The minimum atomic E-state index is -3.63. The second kappa shape index (κ2) is 7.99. The predicted molar refractivity (Wildman–Crippen MR) is 110 cm³/mol. The topological polar surface area (TPSA) is 70.2 Å². The van der Waals surface area contributed by atoms with Gasteiger partial charge in [-0.1, -0.05) is 36.4 Å². The van der Waals surface area contributed by atoms with E-state index in [1.807, 2.05) is 36.4 Å². The highest BCUT2D eigenvalue weighted by Gasteiger charge is 2.13. The van der Waals surface area contributed by atoms with E-state index in [4.69, 9.17) is 12.2 Å². The van der Waals surface area contributed by atoms with E-state index in [-0.39, 0.29) is 4.90 Å². The molecule has 3 aromatic carbocycles. The quantitative estimate of drug-likeness (QED) is 0.573. The summed E-state index contributed by atoms with van der Waals surface area (Å²) in [5.74, 6) is 0. The zero-order valence-electron chi connectivity index (χ0n) is 13.7. The number of benzene rings is 3. The summed E-state index contributed by atoms with van der Waals surface area (Å²) in [5.41, 5.74) is 2.08. The van der Waals surface area contributed by atoms with Crippen molar-refractivity contribution in [2.45, 2.75) is 4.90 Å². The molecule has 0 amide bonds. The van der Waals surface area contributed by atoms with E-state index in [0.29, 0.717) is 16.5 Å². The van der Waals surface area contributed by atoms with Gasteiger partial charge in [0, 0.05) is 17.1 Å². The number of rotatable bonds is 5. The molecule has 0 aliphatic heterocycles. The average Bonchev–Trinajstić information content (AvgIpc) is 2.63. The predicted octanol–water partition coefficient (Wildman–Crippen LogP) is 4.30. The smallest absolute Gasteiger partial charge is 0.261 e. The van der Waals surface area contributed by atoms with E-state index < -0.39 is 10.0 Å². The van der Waals surface area contributed by atoms with Crippen molar-refractivity contribution in [1.82, 2.24) is 0 Å². The Balaban J connectivity index is 1.65. The summed E-state index contributed by atoms with van der Waals surface area (Å²) in [5, 5.41) is 6.51. The van der Waals surface area contributed by atoms with Crippen molar-refractivity contribution in [3.05, 3.63) is 84.9 Å². The standard InChI is InChI=1S/C19H17N3O2S2/c23-26(24,22-17-9-5-2-6-10-17)18-13-11-16(12-14-18)21-19(25)20-15-7-3-1-4-8-15/h1-14,22H,(H2,20,21,25). The summed E-state index contributed by atoms with van der Waals surface area (Å²) in [6.45, 7) is 0. The lowest BCUT2D eigenvalue weighted by Crippen LogP contribution is -2.19.